The Morgan fingerprint density at radius 1 is 1.03 bits per heavy atom. The van der Waals surface area contributed by atoms with Crippen LogP contribution >= 0.6 is 0 Å². The van der Waals surface area contributed by atoms with Crippen LogP contribution < -0.4 is 0 Å². The Bertz CT molecular complexity index is 672. The molecule has 4 rings (SSSR count). The summed E-state index contributed by atoms with van der Waals surface area (Å²) in [5.41, 5.74) is 3.62. The third kappa shape index (κ3) is 8.28. The lowest BCUT2D eigenvalue weighted by Crippen LogP contribution is -2.46. The summed E-state index contributed by atoms with van der Waals surface area (Å²) in [6.07, 6.45) is 15.6. The van der Waals surface area contributed by atoms with Crippen molar-refractivity contribution < 1.29 is 18.1 Å². The first-order chi connectivity index (χ1) is 18.0. The van der Waals surface area contributed by atoms with Gasteiger partial charge in [-0.1, -0.05) is 65.0 Å². The molecule has 2 fully saturated rings. The molecule has 0 amide bonds. The summed E-state index contributed by atoms with van der Waals surface area (Å²) < 4.78 is 25.3. The minimum atomic E-state index is -0.179. The van der Waals surface area contributed by atoms with E-state index in [2.05, 4.69) is 47.1 Å². The standard InChI is InChI=1S/C28H47FO2.C2H6.2C2H4.3H2/c1-19(2)7-5-6-8-21-9-12-27-26-15-20(17-29)25-16-22(31-18-30-4)10-11-23(25)24(26)13-14-28(21,27)3;3*1-2;;;/h19-22,24,26-27H,5-18H2,1-4H3;1-2H3;2*1-2H2;3*1H/t20?,21-,22-,24?,26+,27?,28+;;;;;;/m0....../s1. The molecule has 4 aliphatic rings. The molecule has 0 aliphatic heterocycles. The van der Waals surface area contributed by atoms with Gasteiger partial charge in [0.05, 0.1) is 12.8 Å². The van der Waals surface area contributed by atoms with Crippen molar-refractivity contribution in [3.63, 3.8) is 0 Å². The number of fused-ring (bicyclic) bond motifs is 4. The molecule has 0 aromatic heterocycles. The maximum Gasteiger partial charge on any atom is 0.146 e. The first-order valence-corrected chi connectivity index (χ1v) is 15.4. The quantitative estimate of drug-likeness (QED) is 0.169. The second-order valence-corrected chi connectivity index (χ2v) is 11.9. The summed E-state index contributed by atoms with van der Waals surface area (Å²) in [6.45, 7) is 23.5. The predicted octanol–water partition coefficient (Wildman–Crippen LogP) is 11.1. The predicted molar refractivity (Wildman–Crippen MR) is 166 cm³/mol. The van der Waals surface area contributed by atoms with E-state index in [1.165, 1.54) is 56.9 Å². The molecule has 0 heterocycles. The van der Waals surface area contributed by atoms with Crippen LogP contribution in [0.4, 0.5) is 4.39 Å². The van der Waals surface area contributed by atoms with Crippen molar-refractivity contribution in [1.82, 2.24) is 0 Å². The maximum absolute atomic E-state index is 14.3. The molecular weight excluding hydrogens is 459 g/mol. The van der Waals surface area contributed by atoms with Gasteiger partial charge in [-0.2, -0.15) is 0 Å². The normalized spacial score (nSPS) is 33.9. The fourth-order valence-electron chi connectivity index (χ4n) is 8.32. The molecule has 2 saturated carbocycles. The zero-order chi connectivity index (χ0) is 28.0. The zero-order valence-corrected chi connectivity index (χ0v) is 25.5. The monoisotopic (exact) mass is 527 g/mol. The van der Waals surface area contributed by atoms with Gasteiger partial charge in [-0.05, 0) is 92.8 Å². The third-order valence-corrected chi connectivity index (χ3v) is 9.92. The van der Waals surface area contributed by atoms with E-state index in [1.54, 1.807) is 12.7 Å². The molecule has 222 valence electrons. The Hall–Kier alpha value is -0.930. The molecule has 0 radical (unpaired) electrons. The molecule has 37 heavy (non-hydrogen) atoms. The van der Waals surface area contributed by atoms with Gasteiger partial charge in [-0.15, -0.1) is 26.3 Å². The minimum Gasteiger partial charge on any atom is -0.359 e. The van der Waals surface area contributed by atoms with Gasteiger partial charge in [0.1, 0.15) is 6.79 Å². The highest BCUT2D eigenvalue weighted by Crippen LogP contribution is 2.64. The van der Waals surface area contributed by atoms with Gasteiger partial charge in [0.15, 0.2) is 0 Å². The van der Waals surface area contributed by atoms with E-state index in [-0.39, 0.29) is 23.0 Å². The molecule has 3 heteroatoms. The van der Waals surface area contributed by atoms with Crippen molar-refractivity contribution in [3.05, 3.63) is 37.5 Å². The molecule has 0 spiro atoms. The smallest absolute Gasteiger partial charge is 0.146 e. The topological polar surface area (TPSA) is 18.5 Å². The van der Waals surface area contributed by atoms with Gasteiger partial charge in [0.2, 0.25) is 0 Å². The lowest BCUT2D eigenvalue weighted by Gasteiger charge is -2.54. The van der Waals surface area contributed by atoms with Crippen molar-refractivity contribution in [2.45, 2.75) is 118 Å². The van der Waals surface area contributed by atoms with Gasteiger partial charge >= 0.3 is 0 Å². The van der Waals surface area contributed by atoms with Crippen LogP contribution in [-0.4, -0.2) is 26.7 Å². The SMILES string of the molecule is C=C.C=C.CC.COCO[C@H]1CCC2=C(C1)C(CF)C[C@@H]1C2CC[C@@]2(C)C1CC[C@@H]2CCCCC(C)C.[HH].[HH].[HH]. The van der Waals surface area contributed by atoms with Crippen LogP contribution in [0, 0.1) is 40.9 Å². The first-order valence-electron chi connectivity index (χ1n) is 15.4. The fourth-order valence-corrected chi connectivity index (χ4v) is 8.32. The average Bonchev–Trinajstić information content (AvgIpc) is 3.28. The van der Waals surface area contributed by atoms with Crippen molar-refractivity contribution in [3.8, 4) is 0 Å². The molecule has 0 N–H and O–H groups in total. The van der Waals surface area contributed by atoms with Crippen molar-refractivity contribution in [2.24, 2.45) is 40.9 Å². The number of methoxy groups -OCH3 is 1. The number of alkyl halides is 1. The highest BCUT2D eigenvalue weighted by Gasteiger charge is 2.55. The summed E-state index contributed by atoms with van der Waals surface area (Å²) in [7, 11) is 1.68. The number of unbranched alkanes of at least 4 members (excludes halogenated alkanes) is 1. The number of halogens is 1. The number of rotatable bonds is 9. The highest BCUT2D eigenvalue weighted by atomic mass is 19.1. The van der Waals surface area contributed by atoms with E-state index >= 15 is 0 Å². The van der Waals surface area contributed by atoms with Gasteiger partial charge in [-0.3, -0.25) is 4.39 Å². The Morgan fingerprint density at radius 3 is 2.35 bits per heavy atom. The van der Waals surface area contributed by atoms with Gasteiger partial charge in [0, 0.05) is 17.3 Å². The number of hydrogen-bond donors (Lipinski definition) is 0. The zero-order valence-electron chi connectivity index (χ0n) is 25.5. The Labute approximate surface area is 235 Å². The summed E-state index contributed by atoms with van der Waals surface area (Å²) in [5, 5.41) is 0. The molecule has 2 nitrogen and oxygen atoms in total. The molecule has 0 saturated heterocycles. The van der Waals surface area contributed by atoms with Gasteiger partial charge < -0.3 is 9.47 Å². The van der Waals surface area contributed by atoms with Crippen LogP contribution in [-0.2, 0) is 9.47 Å². The average molecular weight is 527 g/mol. The van der Waals surface area contributed by atoms with E-state index in [0.29, 0.717) is 12.2 Å². The van der Waals surface area contributed by atoms with E-state index in [4.69, 9.17) is 9.47 Å². The van der Waals surface area contributed by atoms with Crippen LogP contribution in [0.15, 0.2) is 37.5 Å². The number of ether oxygens (including phenoxy) is 2. The van der Waals surface area contributed by atoms with Crippen molar-refractivity contribution >= 4 is 0 Å². The minimum absolute atomic E-state index is 0. The van der Waals surface area contributed by atoms with Crippen LogP contribution in [0.3, 0.4) is 0 Å². The number of hydrogen-bond acceptors (Lipinski definition) is 2. The maximum atomic E-state index is 14.3. The summed E-state index contributed by atoms with van der Waals surface area (Å²) in [4.78, 5) is 0. The Kier molecular flexibility index (Phi) is 16.2. The second-order valence-electron chi connectivity index (χ2n) is 11.9. The first kappa shape index (κ1) is 34.1. The molecule has 0 aromatic rings. The van der Waals surface area contributed by atoms with Crippen LogP contribution in [0.25, 0.3) is 0 Å². The molecule has 4 aliphatic carbocycles. The van der Waals surface area contributed by atoms with Crippen LogP contribution in [0.5, 0.6) is 0 Å². The second kappa shape index (κ2) is 17.6. The number of allylic oxidation sites excluding steroid dienone is 1. The van der Waals surface area contributed by atoms with E-state index < -0.39 is 0 Å². The van der Waals surface area contributed by atoms with E-state index in [1.807, 2.05) is 13.8 Å². The van der Waals surface area contributed by atoms with Gasteiger partial charge in [0.25, 0.3) is 0 Å². The molecule has 0 aromatic carbocycles. The third-order valence-electron chi connectivity index (χ3n) is 9.92. The van der Waals surface area contributed by atoms with Crippen molar-refractivity contribution in [1.29, 1.82) is 0 Å². The Morgan fingerprint density at radius 2 is 1.73 bits per heavy atom. The molecule has 0 bridgehead atoms. The van der Waals surface area contributed by atoms with Crippen molar-refractivity contribution in [2.75, 3.05) is 20.6 Å². The lowest BCUT2D eigenvalue weighted by atomic mass is 9.51. The highest BCUT2D eigenvalue weighted by molar-refractivity contribution is 5.29. The Balaban J connectivity index is -0.00000143. The van der Waals surface area contributed by atoms with E-state index in [9.17, 15) is 4.39 Å². The van der Waals surface area contributed by atoms with E-state index in [0.717, 1.165) is 55.3 Å². The van der Waals surface area contributed by atoms with Gasteiger partial charge in [-0.25, -0.2) is 0 Å². The summed E-state index contributed by atoms with van der Waals surface area (Å²) >= 11 is 0. The molecule has 3 unspecified atom stereocenters. The lowest BCUT2D eigenvalue weighted by molar-refractivity contribution is -0.0787. The van der Waals surface area contributed by atoms with Crippen LogP contribution in [0.2, 0.25) is 0 Å². The summed E-state index contributed by atoms with van der Waals surface area (Å²) in [6, 6.07) is 0. The molecule has 7 atom stereocenters. The van der Waals surface area contributed by atoms with Crippen LogP contribution in [0.1, 0.15) is 116 Å². The molecular formula is C34H67FO2. The summed E-state index contributed by atoms with van der Waals surface area (Å²) in [5.74, 6) is 4.18. The fraction of sp³-hybridized carbons (Fsp3) is 0.824. The largest absolute Gasteiger partial charge is 0.359 e.